The van der Waals surface area contributed by atoms with Crippen molar-refractivity contribution in [3.8, 4) is 0 Å². The largest absolute Gasteiger partial charge is 0.454 e. The fraction of sp³-hybridized carbons (Fsp3) is 0.526. The molecule has 0 spiro atoms. The summed E-state index contributed by atoms with van der Waals surface area (Å²) in [5, 5.41) is 5.18. The highest BCUT2D eigenvalue weighted by molar-refractivity contribution is 7.91. The Morgan fingerprint density at radius 1 is 1.18 bits per heavy atom. The van der Waals surface area contributed by atoms with E-state index in [9.17, 15) is 22.8 Å². The summed E-state index contributed by atoms with van der Waals surface area (Å²) in [5.74, 6) is -2.00. The number of carbonyl (C=O) groups is 3. The molecule has 2 rings (SSSR count). The van der Waals surface area contributed by atoms with Gasteiger partial charge in [0, 0.05) is 11.6 Å². The van der Waals surface area contributed by atoms with Gasteiger partial charge in [0.25, 0.3) is 11.8 Å². The number of amides is 2. The summed E-state index contributed by atoms with van der Waals surface area (Å²) in [6.45, 7) is 4.89. The first-order chi connectivity index (χ1) is 13.1. The van der Waals surface area contributed by atoms with Gasteiger partial charge in [-0.3, -0.25) is 9.59 Å². The molecule has 2 amide bonds. The van der Waals surface area contributed by atoms with Crippen molar-refractivity contribution >= 4 is 27.6 Å². The molecule has 0 radical (unpaired) electrons. The lowest BCUT2D eigenvalue weighted by Gasteiger charge is -2.21. The number of nitrogens with one attached hydrogen (secondary N) is 2. The van der Waals surface area contributed by atoms with Crippen LogP contribution in [0.1, 0.15) is 36.2 Å². The van der Waals surface area contributed by atoms with Crippen molar-refractivity contribution in [3.05, 3.63) is 35.4 Å². The molecule has 0 aliphatic carbocycles. The molecule has 28 heavy (non-hydrogen) atoms. The lowest BCUT2D eigenvalue weighted by molar-refractivity contribution is -0.151. The molecular formula is C19H26N2O6S. The van der Waals surface area contributed by atoms with E-state index in [-0.39, 0.29) is 17.4 Å². The van der Waals surface area contributed by atoms with E-state index >= 15 is 0 Å². The molecular weight excluding hydrogens is 384 g/mol. The van der Waals surface area contributed by atoms with E-state index in [0.29, 0.717) is 12.0 Å². The highest BCUT2D eigenvalue weighted by Crippen LogP contribution is 2.11. The highest BCUT2D eigenvalue weighted by atomic mass is 32.2. The van der Waals surface area contributed by atoms with Crippen LogP contribution in [-0.2, 0) is 24.2 Å². The standard InChI is InChI=1S/C19H26N2O6S/c1-12(2)17(21-18(23)14-6-4-13(3)5-7-14)19(24)27-10-16(22)20-15-8-9-28(25,26)11-15/h4-7,12,15,17H,8-11H2,1-3H3,(H,20,22)(H,21,23). The van der Waals surface area contributed by atoms with Crippen molar-refractivity contribution < 1.29 is 27.5 Å². The predicted octanol–water partition coefficient (Wildman–Crippen LogP) is 0.596. The molecule has 1 saturated heterocycles. The van der Waals surface area contributed by atoms with Crippen LogP contribution in [0.2, 0.25) is 0 Å². The zero-order valence-electron chi connectivity index (χ0n) is 16.2. The molecule has 1 heterocycles. The number of carbonyl (C=O) groups excluding carboxylic acids is 3. The minimum Gasteiger partial charge on any atom is -0.454 e. The van der Waals surface area contributed by atoms with Crippen molar-refractivity contribution in [2.24, 2.45) is 5.92 Å². The van der Waals surface area contributed by atoms with Crippen molar-refractivity contribution in [1.82, 2.24) is 10.6 Å². The lowest BCUT2D eigenvalue weighted by atomic mass is 10.0. The second-order valence-corrected chi connectivity index (χ2v) is 9.57. The van der Waals surface area contributed by atoms with E-state index in [1.807, 2.05) is 6.92 Å². The van der Waals surface area contributed by atoms with Gasteiger partial charge in [-0.1, -0.05) is 31.5 Å². The molecule has 1 aliphatic rings. The summed E-state index contributed by atoms with van der Waals surface area (Å²) >= 11 is 0. The molecule has 2 N–H and O–H groups in total. The van der Waals surface area contributed by atoms with Crippen LogP contribution in [0, 0.1) is 12.8 Å². The summed E-state index contributed by atoms with van der Waals surface area (Å²) in [6, 6.07) is 5.55. The fourth-order valence-corrected chi connectivity index (χ4v) is 4.51. The Morgan fingerprint density at radius 2 is 1.82 bits per heavy atom. The van der Waals surface area contributed by atoms with Crippen LogP contribution in [0.3, 0.4) is 0 Å². The summed E-state index contributed by atoms with van der Waals surface area (Å²) in [5.41, 5.74) is 1.43. The lowest BCUT2D eigenvalue weighted by Crippen LogP contribution is -2.46. The number of esters is 1. The molecule has 1 fully saturated rings. The SMILES string of the molecule is Cc1ccc(C(=O)NC(C(=O)OCC(=O)NC2CCS(=O)(=O)C2)C(C)C)cc1. The quantitative estimate of drug-likeness (QED) is 0.636. The second-order valence-electron chi connectivity index (χ2n) is 7.34. The van der Waals surface area contributed by atoms with Gasteiger partial charge >= 0.3 is 5.97 Å². The third-order valence-corrected chi connectivity index (χ3v) is 6.23. The molecule has 0 bridgehead atoms. The van der Waals surface area contributed by atoms with E-state index in [1.165, 1.54) is 0 Å². The first-order valence-corrected chi connectivity index (χ1v) is 10.9. The van der Waals surface area contributed by atoms with Gasteiger partial charge in [0.05, 0.1) is 11.5 Å². The molecule has 8 nitrogen and oxygen atoms in total. The van der Waals surface area contributed by atoms with E-state index in [1.54, 1.807) is 38.1 Å². The van der Waals surface area contributed by atoms with Gasteiger partial charge < -0.3 is 15.4 Å². The van der Waals surface area contributed by atoms with E-state index < -0.39 is 46.3 Å². The van der Waals surface area contributed by atoms with Crippen LogP contribution in [0.15, 0.2) is 24.3 Å². The molecule has 2 atom stereocenters. The number of hydrogen-bond acceptors (Lipinski definition) is 6. The Kier molecular flexibility index (Phi) is 7.17. The Hall–Kier alpha value is -2.42. The van der Waals surface area contributed by atoms with Gasteiger partial charge in [0.2, 0.25) is 0 Å². The number of rotatable bonds is 7. The first kappa shape index (κ1) is 21.9. The van der Waals surface area contributed by atoms with Crippen LogP contribution in [0.5, 0.6) is 0 Å². The Morgan fingerprint density at radius 3 is 2.36 bits per heavy atom. The number of ether oxygens (including phenoxy) is 1. The normalized spacial score (nSPS) is 19.1. The predicted molar refractivity (Wildman–Crippen MR) is 103 cm³/mol. The molecule has 1 aromatic carbocycles. The fourth-order valence-electron chi connectivity index (χ4n) is 2.83. The van der Waals surface area contributed by atoms with Gasteiger partial charge in [-0.15, -0.1) is 0 Å². The minimum atomic E-state index is -3.11. The summed E-state index contributed by atoms with van der Waals surface area (Å²) in [7, 11) is -3.11. The second kappa shape index (κ2) is 9.18. The molecule has 1 aromatic rings. The topological polar surface area (TPSA) is 119 Å². The van der Waals surface area contributed by atoms with E-state index in [2.05, 4.69) is 10.6 Å². The summed E-state index contributed by atoms with van der Waals surface area (Å²) in [4.78, 5) is 36.6. The maximum atomic E-state index is 12.3. The highest BCUT2D eigenvalue weighted by Gasteiger charge is 2.30. The van der Waals surface area contributed by atoms with Crippen molar-refractivity contribution in [2.45, 2.75) is 39.3 Å². The van der Waals surface area contributed by atoms with Crippen molar-refractivity contribution in [3.63, 3.8) is 0 Å². The minimum absolute atomic E-state index is 0.0399. The van der Waals surface area contributed by atoms with Gasteiger partial charge in [0.15, 0.2) is 16.4 Å². The zero-order chi connectivity index (χ0) is 20.9. The van der Waals surface area contributed by atoms with Gasteiger partial charge in [0.1, 0.15) is 6.04 Å². The van der Waals surface area contributed by atoms with Crippen LogP contribution >= 0.6 is 0 Å². The number of sulfone groups is 1. The van der Waals surface area contributed by atoms with Crippen LogP contribution in [-0.4, -0.2) is 56.4 Å². The number of aryl methyl sites for hydroxylation is 1. The van der Waals surface area contributed by atoms with Crippen molar-refractivity contribution in [2.75, 3.05) is 18.1 Å². The molecule has 2 unspecified atom stereocenters. The molecule has 154 valence electrons. The monoisotopic (exact) mass is 410 g/mol. The average Bonchev–Trinajstić information content (AvgIpc) is 2.96. The van der Waals surface area contributed by atoms with Gasteiger partial charge in [-0.05, 0) is 31.4 Å². The van der Waals surface area contributed by atoms with Gasteiger partial charge in [-0.25, -0.2) is 13.2 Å². The molecule has 1 aliphatic heterocycles. The Balaban J connectivity index is 1.87. The third kappa shape index (κ3) is 6.33. The maximum absolute atomic E-state index is 12.3. The molecule has 0 aromatic heterocycles. The Labute approximate surface area is 164 Å². The number of hydrogen-bond donors (Lipinski definition) is 2. The first-order valence-electron chi connectivity index (χ1n) is 9.11. The third-order valence-electron chi connectivity index (χ3n) is 4.46. The van der Waals surface area contributed by atoms with Crippen LogP contribution in [0.25, 0.3) is 0 Å². The summed E-state index contributed by atoms with van der Waals surface area (Å²) in [6.07, 6.45) is 0.350. The van der Waals surface area contributed by atoms with E-state index in [4.69, 9.17) is 4.74 Å². The maximum Gasteiger partial charge on any atom is 0.329 e. The van der Waals surface area contributed by atoms with Crippen molar-refractivity contribution in [1.29, 1.82) is 0 Å². The zero-order valence-corrected chi connectivity index (χ0v) is 17.0. The van der Waals surface area contributed by atoms with Gasteiger partial charge in [-0.2, -0.15) is 0 Å². The smallest absolute Gasteiger partial charge is 0.329 e. The van der Waals surface area contributed by atoms with Crippen LogP contribution in [0.4, 0.5) is 0 Å². The summed E-state index contributed by atoms with van der Waals surface area (Å²) < 4.78 is 27.9. The average molecular weight is 410 g/mol. The van der Waals surface area contributed by atoms with Crippen LogP contribution < -0.4 is 10.6 Å². The molecule has 0 saturated carbocycles. The van der Waals surface area contributed by atoms with E-state index in [0.717, 1.165) is 5.56 Å². The number of benzene rings is 1. The Bertz CT molecular complexity index is 832. The molecule has 9 heteroatoms.